The van der Waals surface area contributed by atoms with Crippen LogP contribution in [0.2, 0.25) is 0 Å². The van der Waals surface area contributed by atoms with Gasteiger partial charge in [0.05, 0.1) is 23.6 Å². The normalized spacial score (nSPS) is 16.5. The third kappa shape index (κ3) is 6.10. The smallest absolute Gasteiger partial charge is 0.320 e. The summed E-state index contributed by atoms with van der Waals surface area (Å²) >= 11 is 0. The second-order valence-corrected chi connectivity index (χ2v) is 12.8. The van der Waals surface area contributed by atoms with Gasteiger partial charge in [-0.2, -0.15) is 5.10 Å². The molecule has 3 aromatic heterocycles. The Hall–Kier alpha value is -4.86. The van der Waals surface area contributed by atoms with Crippen LogP contribution in [0.25, 0.3) is 11.3 Å². The van der Waals surface area contributed by atoms with Crippen molar-refractivity contribution in [3.8, 4) is 11.4 Å². The number of aromatic nitrogens is 5. The summed E-state index contributed by atoms with van der Waals surface area (Å²) in [6.07, 6.45) is 3.24. The van der Waals surface area contributed by atoms with Gasteiger partial charge in [0.25, 0.3) is 0 Å². The first kappa shape index (κ1) is 29.2. The number of pyridine rings is 1. The first-order valence-corrected chi connectivity index (χ1v) is 15.2. The van der Waals surface area contributed by atoms with Gasteiger partial charge in [0.1, 0.15) is 17.7 Å². The number of hydrogen-bond donors (Lipinski definition) is 3. The predicted octanol–water partition coefficient (Wildman–Crippen LogP) is 7.12. The van der Waals surface area contributed by atoms with E-state index < -0.39 is 0 Å². The number of aryl methyl sites for hydroxylation is 1. The number of carbonyl (C=O) groups excluding carboxylic acids is 1. The number of nitrogens with one attached hydrogen (secondary N) is 3. The average molecular weight is 593 g/mol. The van der Waals surface area contributed by atoms with Gasteiger partial charge < -0.3 is 15.4 Å². The molecule has 2 amide bonds. The molecule has 0 spiro atoms. The number of rotatable bonds is 7. The highest BCUT2D eigenvalue weighted by molar-refractivity contribution is 5.89. The summed E-state index contributed by atoms with van der Waals surface area (Å²) in [5.74, 6) is 2.03. The standard InChI is InChI=1S/C34H40N8O2/c1-21(2)35-32-39-38-30-18-15-24(20-41(30)32)44-28-17-16-27(25-9-7-8-10-26(25)28)36-33(43)37-31-19-29(34(4,5)6)40-42(31)23-13-11-22(3)12-14-23/h7-15,18-21,27-28H,16-17H2,1-6H3,(H,35,39)(H2,36,37,43)/t27-,28?/m0/s1. The third-order valence-electron chi connectivity index (χ3n) is 7.81. The number of hydrogen-bond acceptors (Lipinski definition) is 6. The molecule has 44 heavy (non-hydrogen) atoms. The lowest BCUT2D eigenvalue weighted by molar-refractivity contribution is 0.171. The van der Waals surface area contributed by atoms with Gasteiger partial charge in [0.2, 0.25) is 5.95 Å². The molecule has 5 aromatic rings. The molecule has 0 radical (unpaired) electrons. The van der Waals surface area contributed by atoms with E-state index in [0.29, 0.717) is 11.8 Å². The number of fused-ring (bicyclic) bond motifs is 2. The molecule has 3 heterocycles. The summed E-state index contributed by atoms with van der Waals surface area (Å²) in [5.41, 5.74) is 5.63. The lowest BCUT2D eigenvalue weighted by Gasteiger charge is -2.32. The van der Waals surface area contributed by atoms with Gasteiger partial charge in [-0.1, -0.05) is 62.7 Å². The molecule has 0 saturated carbocycles. The van der Waals surface area contributed by atoms with Crippen LogP contribution < -0.4 is 20.7 Å². The Balaban J connectivity index is 1.20. The topological polar surface area (TPSA) is 110 Å². The van der Waals surface area contributed by atoms with E-state index in [1.807, 2.05) is 65.2 Å². The van der Waals surface area contributed by atoms with Crippen molar-refractivity contribution in [2.45, 2.75) is 78.0 Å². The Morgan fingerprint density at radius 2 is 1.73 bits per heavy atom. The Morgan fingerprint density at radius 3 is 2.45 bits per heavy atom. The van der Waals surface area contributed by atoms with E-state index in [2.05, 4.69) is 79.8 Å². The number of carbonyl (C=O) groups is 1. The molecule has 10 heteroatoms. The lowest BCUT2D eigenvalue weighted by atomic mass is 9.85. The average Bonchev–Trinajstić information content (AvgIpc) is 3.59. The van der Waals surface area contributed by atoms with Crippen molar-refractivity contribution >= 4 is 23.4 Å². The van der Waals surface area contributed by atoms with Gasteiger partial charge in [-0.3, -0.25) is 9.72 Å². The van der Waals surface area contributed by atoms with Crippen LogP contribution in [0.1, 0.15) is 82.0 Å². The van der Waals surface area contributed by atoms with Crippen LogP contribution in [0.15, 0.2) is 72.9 Å². The summed E-state index contributed by atoms with van der Waals surface area (Å²) in [7, 11) is 0. The Labute approximate surface area is 257 Å². The molecule has 6 rings (SSSR count). The minimum Gasteiger partial charge on any atom is -0.484 e. The van der Waals surface area contributed by atoms with Crippen molar-refractivity contribution in [2.24, 2.45) is 0 Å². The molecule has 2 aromatic carbocycles. The summed E-state index contributed by atoms with van der Waals surface area (Å²) in [4.78, 5) is 13.5. The van der Waals surface area contributed by atoms with Gasteiger partial charge >= 0.3 is 6.03 Å². The molecule has 1 aliphatic rings. The van der Waals surface area contributed by atoms with Crippen LogP contribution >= 0.6 is 0 Å². The fourth-order valence-corrected chi connectivity index (χ4v) is 5.51. The van der Waals surface area contributed by atoms with Gasteiger partial charge in [-0.25, -0.2) is 9.48 Å². The fourth-order valence-electron chi connectivity index (χ4n) is 5.51. The SMILES string of the molecule is Cc1ccc(-n2nc(C(C)(C)C)cc2NC(=O)N[C@H]2CCC(Oc3ccc4nnc(NC(C)C)n4c3)c3ccccc32)cc1. The monoisotopic (exact) mass is 592 g/mol. The predicted molar refractivity (Wildman–Crippen MR) is 173 cm³/mol. The van der Waals surface area contributed by atoms with E-state index in [1.54, 1.807) is 4.68 Å². The highest BCUT2D eigenvalue weighted by Gasteiger charge is 2.30. The number of urea groups is 1. The minimum atomic E-state index is -0.277. The van der Waals surface area contributed by atoms with Gasteiger partial charge in [-0.15, -0.1) is 10.2 Å². The largest absolute Gasteiger partial charge is 0.484 e. The molecule has 3 N–H and O–H groups in total. The van der Waals surface area contributed by atoms with E-state index >= 15 is 0 Å². The van der Waals surface area contributed by atoms with Crippen LogP contribution in [-0.2, 0) is 5.41 Å². The lowest BCUT2D eigenvalue weighted by Crippen LogP contribution is -2.36. The maximum Gasteiger partial charge on any atom is 0.320 e. The van der Waals surface area contributed by atoms with Gasteiger partial charge in [0, 0.05) is 17.5 Å². The van der Waals surface area contributed by atoms with Gasteiger partial charge in [-0.05, 0) is 69.0 Å². The van der Waals surface area contributed by atoms with Crippen LogP contribution in [0, 0.1) is 6.92 Å². The summed E-state index contributed by atoms with van der Waals surface area (Å²) in [6.45, 7) is 12.5. The van der Waals surface area contributed by atoms with Crippen molar-refractivity contribution in [1.82, 2.24) is 29.7 Å². The maximum atomic E-state index is 13.5. The molecule has 0 bridgehead atoms. The van der Waals surface area contributed by atoms with E-state index in [0.717, 1.165) is 52.3 Å². The molecule has 0 aliphatic heterocycles. The zero-order chi connectivity index (χ0) is 31.0. The molecular formula is C34H40N8O2. The van der Waals surface area contributed by atoms with E-state index in [9.17, 15) is 4.79 Å². The number of amides is 2. The Bertz CT molecular complexity index is 1780. The third-order valence-corrected chi connectivity index (χ3v) is 7.81. The van der Waals surface area contributed by atoms with Crippen molar-refractivity contribution in [2.75, 3.05) is 10.6 Å². The van der Waals surface area contributed by atoms with Crippen LogP contribution in [0.5, 0.6) is 5.75 Å². The maximum absolute atomic E-state index is 13.5. The molecule has 10 nitrogen and oxygen atoms in total. The van der Waals surface area contributed by atoms with Crippen molar-refractivity contribution in [3.05, 3.63) is 95.3 Å². The number of anilines is 2. The van der Waals surface area contributed by atoms with Crippen LogP contribution in [-0.4, -0.2) is 36.5 Å². The molecule has 228 valence electrons. The second kappa shape index (κ2) is 11.7. The molecular weight excluding hydrogens is 552 g/mol. The molecule has 0 fully saturated rings. The van der Waals surface area contributed by atoms with Crippen molar-refractivity contribution < 1.29 is 9.53 Å². The van der Waals surface area contributed by atoms with Crippen molar-refractivity contribution in [1.29, 1.82) is 0 Å². The zero-order valence-electron chi connectivity index (χ0n) is 26.1. The summed E-state index contributed by atoms with van der Waals surface area (Å²) in [6, 6.07) is 21.8. The highest BCUT2D eigenvalue weighted by Crippen LogP contribution is 2.39. The Kier molecular flexibility index (Phi) is 7.75. The summed E-state index contributed by atoms with van der Waals surface area (Å²) < 4.78 is 10.2. The second-order valence-electron chi connectivity index (χ2n) is 12.8. The fraction of sp³-hybridized carbons (Fsp3) is 0.353. The Morgan fingerprint density at radius 1 is 0.977 bits per heavy atom. The van der Waals surface area contributed by atoms with Crippen LogP contribution in [0.3, 0.4) is 0 Å². The first-order valence-electron chi connectivity index (χ1n) is 15.2. The summed E-state index contributed by atoms with van der Waals surface area (Å²) in [5, 5.41) is 23.0. The first-order chi connectivity index (χ1) is 21.0. The quantitative estimate of drug-likeness (QED) is 0.186. The molecule has 1 unspecified atom stereocenters. The van der Waals surface area contributed by atoms with Crippen LogP contribution in [0.4, 0.5) is 16.6 Å². The zero-order valence-corrected chi connectivity index (χ0v) is 26.1. The number of nitrogens with zero attached hydrogens (tertiary/aromatic N) is 5. The highest BCUT2D eigenvalue weighted by atomic mass is 16.5. The van der Waals surface area contributed by atoms with E-state index in [1.165, 1.54) is 0 Å². The van der Waals surface area contributed by atoms with E-state index in [-0.39, 0.29) is 29.6 Å². The number of ether oxygens (including phenoxy) is 1. The van der Waals surface area contributed by atoms with E-state index in [4.69, 9.17) is 9.84 Å². The minimum absolute atomic E-state index is 0.153. The van der Waals surface area contributed by atoms with Crippen molar-refractivity contribution in [3.63, 3.8) is 0 Å². The molecule has 1 aliphatic carbocycles. The number of benzene rings is 2. The van der Waals surface area contributed by atoms with Gasteiger partial charge in [0.15, 0.2) is 5.65 Å². The molecule has 0 saturated heterocycles. The molecule has 2 atom stereocenters.